The van der Waals surface area contributed by atoms with Crippen molar-refractivity contribution in [2.24, 2.45) is 0 Å². The molecule has 1 heterocycles. The Balaban J connectivity index is 2.01. The first-order chi connectivity index (χ1) is 8.69. The standard InChI is InChI=1S/C12H10N4OS/c1-8-4-2-3-5-10(8)15-11(17)16-12-14-7-9(6-13)18-12/h2-5,7H,1H3,(H2,14,15,16,17). The first-order valence-electron chi connectivity index (χ1n) is 5.18. The van der Waals surface area contributed by atoms with Gasteiger partial charge in [0.2, 0.25) is 0 Å². The molecule has 0 radical (unpaired) electrons. The maximum atomic E-state index is 11.7. The molecule has 0 spiro atoms. The van der Waals surface area contributed by atoms with Crippen LogP contribution in [-0.4, -0.2) is 11.0 Å². The number of carbonyl (C=O) groups excluding carboxylic acids is 1. The molecule has 1 aromatic heterocycles. The summed E-state index contributed by atoms with van der Waals surface area (Å²) >= 11 is 1.13. The van der Waals surface area contributed by atoms with Crippen LogP contribution in [0, 0.1) is 18.3 Å². The fourth-order valence-corrected chi connectivity index (χ4v) is 1.96. The summed E-state index contributed by atoms with van der Waals surface area (Å²) in [5.41, 5.74) is 1.72. The molecule has 5 nitrogen and oxygen atoms in total. The Morgan fingerprint density at radius 2 is 2.17 bits per heavy atom. The highest BCUT2D eigenvalue weighted by Gasteiger charge is 2.07. The number of nitriles is 1. The van der Waals surface area contributed by atoms with Crippen LogP contribution in [0.5, 0.6) is 0 Å². The second kappa shape index (κ2) is 5.29. The number of nitrogens with one attached hydrogen (secondary N) is 2. The number of carbonyl (C=O) groups is 1. The second-order valence-corrected chi connectivity index (χ2v) is 4.57. The molecule has 90 valence electrons. The molecule has 18 heavy (non-hydrogen) atoms. The van der Waals surface area contributed by atoms with Gasteiger partial charge >= 0.3 is 6.03 Å². The molecule has 0 atom stereocenters. The molecule has 0 aliphatic carbocycles. The molecular formula is C12H10N4OS. The molecule has 2 amide bonds. The summed E-state index contributed by atoms with van der Waals surface area (Å²) in [6.45, 7) is 1.91. The minimum Gasteiger partial charge on any atom is -0.307 e. The van der Waals surface area contributed by atoms with Crippen molar-refractivity contribution >= 4 is 28.2 Å². The number of urea groups is 1. The number of benzene rings is 1. The zero-order chi connectivity index (χ0) is 13.0. The highest BCUT2D eigenvalue weighted by molar-refractivity contribution is 7.16. The molecule has 6 heteroatoms. The lowest BCUT2D eigenvalue weighted by Gasteiger charge is -2.07. The van der Waals surface area contributed by atoms with Crippen LogP contribution < -0.4 is 10.6 Å². The summed E-state index contributed by atoms with van der Waals surface area (Å²) in [6.07, 6.45) is 1.42. The molecule has 0 fully saturated rings. The molecule has 0 aliphatic heterocycles. The second-order valence-electron chi connectivity index (χ2n) is 3.54. The normalized spacial score (nSPS) is 9.56. The Labute approximate surface area is 108 Å². The first kappa shape index (κ1) is 12.1. The third-order valence-electron chi connectivity index (χ3n) is 2.23. The van der Waals surface area contributed by atoms with Gasteiger partial charge in [0.05, 0.1) is 6.20 Å². The van der Waals surface area contributed by atoms with Gasteiger partial charge in [0.1, 0.15) is 10.9 Å². The number of para-hydroxylation sites is 1. The third kappa shape index (κ3) is 2.84. The molecule has 1 aromatic carbocycles. The van der Waals surface area contributed by atoms with Gasteiger partial charge in [-0.15, -0.1) is 0 Å². The van der Waals surface area contributed by atoms with Gasteiger partial charge < -0.3 is 5.32 Å². The van der Waals surface area contributed by atoms with Gasteiger partial charge in [-0.05, 0) is 18.6 Å². The van der Waals surface area contributed by atoms with E-state index in [1.165, 1.54) is 6.20 Å². The van der Waals surface area contributed by atoms with E-state index in [4.69, 9.17) is 5.26 Å². The number of hydrogen-bond acceptors (Lipinski definition) is 4. The van der Waals surface area contributed by atoms with E-state index in [9.17, 15) is 4.79 Å². The molecule has 2 aromatic rings. The average molecular weight is 258 g/mol. The zero-order valence-corrected chi connectivity index (χ0v) is 10.4. The topological polar surface area (TPSA) is 77.8 Å². The largest absolute Gasteiger partial charge is 0.325 e. The summed E-state index contributed by atoms with van der Waals surface area (Å²) in [7, 11) is 0. The fourth-order valence-electron chi connectivity index (χ4n) is 1.35. The van der Waals surface area contributed by atoms with Gasteiger partial charge in [-0.2, -0.15) is 5.26 Å². The van der Waals surface area contributed by atoms with Gasteiger partial charge in [0, 0.05) is 5.69 Å². The van der Waals surface area contributed by atoms with Crippen LogP contribution in [0.2, 0.25) is 0 Å². The van der Waals surface area contributed by atoms with Crippen LogP contribution in [-0.2, 0) is 0 Å². The van der Waals surface area contributed by atoms with Gasteiger partial charge in [-0.25, -0.2) is 9.78 Å². The number of anilines is 2. The predicted octanol–water partition coefficient (Wildman–Crippen LogP) is 2.97. The number of nitrogens with zero attached hydrogens (tertiary/aromatic N) is 2. The van der Waals surface area contributed by atoms with Crippen molar-refractivity contribution in [3.63, 3.8) is 0 Å². The van der Waals surface area contributed by atoms with E-state index >= 15 is 0 Å². The Kier molecular flexibility index (Phi) is 3.55. The number of rotatable bonds is 2. The lowest BCUT2D eigenvalue weighted by molar-refractivity contribution is 0.262. The van der Waals surface area contributed by atoms with Crippen molar-refractivity contribution in [1.82, 2.24) is 4.98 Å². The SMILES string of the molecule is Cc1ccccc1NC(=O)Nc1ncc(C#N)s1. The van der Waals surface area contributed by atoms with E-state index in [0.717, 1.165) is 22.6 Å². The summed E-state index contributed by atoms with van der Waals surface area (Å²) in [5, 5.41) is 14.3. The van der Waals surface area contributed by atoms with E-state index < -0.39 is 0 Å². The minimum absolute atomic E-state index is 0.372. The maximum absolute atomic E-state index is 11.7. The van der Waals surface area contributed by atoms with E-state index in [-0.39, 0.29) is 6.03 Å². The van der Waals surface area contributed by atoms with Crippen LogP contribution in [0.25, 0.3) is 0 Å². The third-order valence-corrected chi connectivity index (χ3v) is 3.05. The molecule has 2 N–H and O–H groups in total. The number of aryl methyl sites for hydroxylation is 1. The summed E-state index contributed by atoms with van der Waals surface area (Å²) in [4.78, 5) is 16.1. The molecule has 0 unspecified atom stereocenters. The molecule has 0 bridgehead atoms. The van der Waals surface area contributed by atoms with Crippen LogP contribution in [0.15, 0.2) is 30.5 Å². The van der Waals surface area contributed by atoms with Crippen molar-refractivity contribution in [1.29, 1.82) is 5.26 Å². The molecular weight excluding hydrogens is 248 g/mol. The molecule has 0 aliphatic rings. The zero-order valence-electron chi connectivity index (χ0n) is 9.60. The monoisotopic (exact) mass is 258 g/mol. The van der Waals surface area contributed by atoms with Crippen molar-refractivity contribution < 1.29 is 4.79 Å². The Morgan fingerprint density at radius 3 is 2.83 bits per heavy atom. The average Bonchev–Trinajstić information content (AvgIpc) is 2.80. The number of thiazole rings is 1. The number of aromatic nitrogens is 1. The Hall–Kier alpha value is -2.39. The lowest BCUT2D eigenvalue weighted by atomic mass is 10.2. The lowest BCUT2D eigenvalue weighted by Crippen LogP contribution is -2.19. The maximum Gasteiger partial charge on any atom is 0.325 e. The molecule has 2 rings (SSSR count). The summed E-state index contributed by atoms with van der Waals surface area (Å²) in [5.74, 6) is 0. The predicted molar refractivity (Wildman–Crippen MR) is 70.6 cm³/mol. The van der Waals surface area contributed by atoms with Gasteiger partial charge in [-0.1, -0.05) is 29.5 Å². The van der Waals surface area contributed by atoms with Gasteiger partial charge in [-0.3, -0.25) is 5.32 Å². The smallest absolute Gasteiger partial charge is 0.307 e. The Bertz CT molecular complexity index is 615. The number of amides is 2. The summed E-state index contributed by atoms with van der Waals surface area (Å²) in [6, 6.07) is 9.07. The van der Waals surface area contributed by atoms with Crippen molar-refractivity contribution in [3.05, 3.63) is 40.9 Å². The van der Waals surface area contributed by atoms with Crippen molar-refractivity contribution in [2.75, 3.05) is 10.6 Å². The first-order valence-corrected chi connectivity index (χ1v) is 6.00. The van der Waals surface area contributed by atoms with Gasteiger partial charge in [0.15, 0.2) is 5.13 Å². The van der Waals surface area contributed by atoms with Gasteiger partial charge in [0.25, 0.3) is 0 Å². The van der Waals surface area contributed by atoms with Crippen LogP contribution in [0.4, 0.5) is 15.6 Å². The van der Waals surface area contributed by atoms with Crippen LogP contribution in [0.1, 0.15) is 10.4 Å². The minimum atomic E-state index is -0.372. The molecule has 0 saturated heterocycles. The van der Waals surface area contributed by atoms with E-state index in [1.807, 2.05) is 37.3 Å². The highest BCUT2D eigenvalue weighted by atomic mass is 32.1. The van der Waals surface area contributed by atoms with Crippen LogP contribution >= 0.6 is 11.3 Å². The fraction of sp³-hybridized carbons (Fsp3) is 0.0833. The van der Waals surface area contributed by atoms with Crippen LogP contribution in [0.3, 0.4) is 0 Å². The summed E-state index contributed by atoms with van der Waals surface area (Å²) < 4.78 is 0. The van der Waals surface area contributed by atoms with E-state index in [1.54, 1.807) is 0 Å². The number of hydrogen-bond donors (Lipinski definition) is 2. The van der Waals surface area contributed by atoms with Crippen molar-refractivity contribution in [2.45, 2.75) is 6.92 Å². The van der Waals surface area contributed by atoms with E-state index in [2.05, 4.69) is 15.6 Å². The molecule has 0 saturated carbocycles. The van der Waals surface area contributed by atoms with E-state index in [0.29, 0.717) is 10.0 Å². The highest BCUT2D eigenvalue weighted by Crippen LogP contribution is 2.18. The Morgan fingerprint density at radius 1 is 1.39 bits per heavy atom. The quantitative estimate of drug-likeness (QED) is 0.869. The van der Waals surface area contributed by atoms with Crippen molar-refractivity contribution in [3.8, 4) is 6.07 Å².